The van der Waals surface area contributed by atoms with Crippen LogP contribution in [-0.4, -0.2) is 17.7 Å². The van der Waals surface area contributed by atoms with Crippen LogP contribution in [0, 0.1) is 0 Å². The maximum Gasteiger partial charge on any atom is 0.0355 e. The summed E-state index contributed by atoms with van der Waals surface area (Å²) in [5.41, 5.74) is 1.70. The summed E-state index contributed by atoms with van der Waals surface area (Å²) in [5.74, 6) is 0.735. The van der Waals surface area contributed by atoms with Crippen LogP contribution < -0.4 is 5.32 Å². The molecule has 0 amide bonds. The SMILES string of the molecule is CC(C)(C)n1ccc(C2CCNC2)c1. The molecule has 2 rings (SSSR count). The highest BCUT2D eigenvalue weighted by Crippen LogP contribution is 2.25. The maximum atomic E-state index is 3.41. The molecule has 0 spiro atoms. The van der Waals surface area contributed by atoms with E-state index in [9.17, 15) is 0 Å². The van der Waals surface area contributed by atoms with Crippen molar-refractivity contribution in [2.24, 2.45) is 0 Å². The molecule has 0 radical (unpaired) electrons. The third kappa shape index (κ3) is 1.85. The molecule has 1 unspecified atom stereocenters. The topological polar surface area (TPSA) is 17.0 Å². The highest BCUT2D eigenvalue weighted by Gasteiger charge is 2.19. The van der Waals surface area contributed by atoms with Gasteiger partial charge in [0.1, 0.15) is 0 Å². The van der Waals surface area contributed by atoms with Gasteiger partial charge in [-0.3, -0.25) is 0 Å². The van der Waals surface area contributed by atoms with Crippen molar-refractivity contribution >= 4 is 0 Å². The highest BCUT2D eigenvalue weighted by molar-refractivity contribution is 5.19. The Morgan fingerprint density at radius 1 is 1.43 bits per heavy atom. The molecule has 1 saturated heterocycles. The summed E-state index contributed by atoms with van der Waals surface area (Å²) in [6.45, 7) is 9.04. The molecule has 1 aliphatic rings. The van der Waals surface area contributed by atoms with Gasteiger partial charge in [-0.2, -0.15) is 0 Å². The quantitative estimate of drug-likeness (QED) is 0.722. The Labute approximate surface area is 86.3 Å². The van der Waals surface area contributed by atoms with Crippen LogP contribution in [0.4, 0.5) is 0 Å². The molecule has 1 N–H and O–H groups in total. The van der Waals surface area contributed by atoms with Gasteiger partial charge in [-0.15, -0.1) is 0 Å². The van der Waals surface area contributed by atoms with Crippen LogP contribution in [0.1, 0.15) is 38.7 Å². The third-order valence-corrected chi connectivity index (χ3v) is 3.02. The Bertz CT molecular complexity index is 300. The van der Waals surface area contributed by atoms with Crippen LogP contribution in [0.3, 0.4) is 0 Å². The van der Waals surface area contributed by atoms with Gasteiger partial charge in [-0.25, -0.2) is 0 Å². The molecule has 0 saturated carbocycles. The number of nitrogens with one attached hydrogen (secondary N) is 1. The summed E-state index contributed by atoms with van der Waals surface area (Å²) in [7, 11) is 0. The second-order valence-electron chi connectivity index (χ2n) is 5.21. The molecule has 1 aromatic heterocycles. The van der Waals surface area contributed by atoms with Gasteiger partial charge >= 0.3 is 0 Å². The lowest BCUT2D eigenvalue weighted by atomic mass is 10.0. The first kappa shape index (κ1) is 9.78. The normalized spacial score (nSPS) is 22.9. The Morgan fingerprint density at radius 2 is 2.21 bits per heavy atom. The fourth-order valence-electron chi connectivity index (χ4n) is 2.01. The minimum absolute atomic E-state index is 0.213. The van der Waals surface area contributed by atoms with Gasteiger partial charge in [0.15, 0.2) is 0 Å². The van der Waals surface area contributed by atoms with Crippen LogP contribution in [0.2, 0.25) is 0 Å². The lowest BCUT2D eigenvalue weighted by Crippen LogP contribution is -2.19. The van der Waals surface area contributed by atoms with Crippen LogP contribution >= 0.6 is 0 Å². The molecule has 1 atom stereocenters. The van der Waals surface area contributed by atoms with E-state index in [1.807, 2.05) is 0 Å². The van der Waals surface area contributed by atoms with Crippen molar-refractivity contribution in [3.05, 3.63) is 24.0 Å². The first-order chi connectivity index (χ1) is 6.57. The predicted octanol–water partition coefficient (Wildman–Crippen LogP) is 2.32. The van der Waals surface area contributed by atoms with Crippen molar-refractivity contribution in [2.75, 3.05) is 13.1 Å². The standard InChI is InChI=1S/C12H20N2/c1-12(2,3)14-7-5-11(9-14)10-4-6-13-8-10/h5,7,9-10,13H,4,6,8H2,1-3H3. The van der Waals surface area contributed by atoms with Gasteiger partial charge in [-0.1, -0.05) is 0 Å². The van der Waals surface area contributed by atoms with E-state index in [-0.39, 0.29) is 5.54 Å². The number of aromatic nitrogens is 1. The number of rotatable bonds is 1. The molecule has 78 valence electrons. The Morgan fingerprint density at radius 3 is 2.71 bits per heavy atom. The first-order valence-electron chi connectivity index (χ1n) is 5.46. The van der Waals surface area contributed by atoms with E-state index in [4.69, 9.17) is 0 Å². The van der Waals surface area contributed by atoms with Gasteiger partial charge < -0.3 is 9.88 Å². The van der Waals surface area contributed by atoms with Gasteiger partial charge in [0, 0.05) is 24.5 Å². The van der Waals surface area contributed by atoms with Gasteiger partial charge in [0.25, 0.3) is 0 Å². The van der Waals surface area contributed by atoms with Crippen LogP contribution in [0.5, 0.6) is 0 Å². The fourth-order valence-corrected chi connectivity index (χ4v) is 2.01. The minimum Gasteiger partial charge on any atom is -0.349 e. The molecular weight excluding hydrogens is 172 g/mol. The van der Waals surface area contributed by atoms with E-state index >= 15 is 0 Å². The fraction of sp³-hybridized carbons (Fsp3) is 0.667. The second-order valence-corrected chi connectivity index (χ2v) is 5.21. The highest BCUT2D eigenvalue weighted by atomic mass is 15.0. The first-order valence-corrected chi connectivity index (χ1v) is 5.46. The molecule has 14 heavy (non-hydrogen) atoms. The Balaban J connectivity index is 2.17. The van der Waals surface area contributed by atoms with E-state index in [2.05, 4.69) is 49.1 Å². The van der Waals surface area contributed by atoms with Crippen molar-refractivity contribution in [3.8, 4) is 0 Å². The smallest absolute Gasteiger partial charge is 0.0355 e. The molecular formula is C12H20N2. The van der Waals surface area contributed by atoms with Crippen LogP contribution in [0.15, 0.2) is 18.5 Å². The number of nitrogens with zero attached hydrogens (tertiary/aromatic N) is 1. The lowest BCUT2D eigenvalue weighted by molar-refractivity contribution is 0.397. The van der Waals surface area contributed by atoms with E-state index in [0.717, 1.165) is 12.5 Å². The molecule has 2 nitrogen and oxygen atoms in total. The molecule has 1 aliphatic heterocycles. The van der Waals surface area contributed by atoms with Crippen molar-refractivity contribution in [1.29, 1.82) is 0 Å². The van der Waals surface area contributed by atoms with Crippen LogP contribution in [0.25, 0.3) is 0 Å². The van der Waals surface area contributed by atoms with E-state index in [1.54, 1.807) is 0 Å². The summed E-state index contributed by atoms with van der Waals surface area (Å²) in [4.78, 5) is 0. The van der Waals surface area contributed by atoms with E-state index < -0.39 is 0 Å². The largest absolute Gasteiger partial charge is 0.349 e. The molecule has 1 fully saturated rings. The zero-order valence-corrected chi connectivity index (χ0v) is 9.38. The van der Waals surface area contributed by atoms with Gasteiger partial charge in [0.05, 0.1) is 0 Å². The Hall–Kier alpha value is -0.760. The van der Waals surface area contributed by atoms with Crippen molar-refractivity contribution in [3.63, 3.8) is 0 Å². The molecule has 2 heteroatoms. The zero-order chi connectivity index (χ0) is 10.2. The second kappa shape index (κ2) is 3.43. The van der Waals surface area contributed by atoms with Crippen LogP contribution in [-0.2, 0) is 5.54 Å². The van der Waals surface area contributed by atoms with E-state index in [1.165, 1.54) is 18.5 Å². The monoisotopic (exact) mass is 192 g/mol. The molecule has 0 bridgehead atoms. The number of hydrogen-bond acceptors (Lipinski definition) is 1. The van der Waals surface area contributed by atoms with E-state index in [0.29, 0.717) is 0 Å². The lowest BCUT2D eigenvalue weighted by Gasteiger charge is -2.21. The molecule has 0 aromatic carbocycles. The predicted molar refractivity (Wildman–Crippen MR) is 59.7 cm³/mol. The third-order valence-electron chi connectivity index (χ3n) is 3.02. The van der Waals surface area contributed by atoms with Gasteiger partial charge in [-0.05, 0) is 51.3 Å². The average molecular weight is 192 g/mol. The van der Waals surface area contributed by atoms with Gasteiger partial charge in [0.2, 0.25) is 0 Å². The van der Waals surface area contributed by atoms with Crippen molar-refractivity contribution < 1.29 is 0 Å². The summed E-state index contributed by atoms with van der Waals surface area (Å²) in [5, 5.41) is 3.41. The van der Waals surface area contributed by atoms with Crippen molar-refractivity contribution in [1.82, 2.24) is 9.88 Å². The summed E-state index contributed by atoms with van der Waals surface area (Å²) < 4.78 is 2.31. The molecule has 0 aliphatic carbocycles. The zero-order valence-electron chi connectivity index (χ0n) is 9.38. The minimum atomic E-state index is 0.213. The summed E-state index contributed by atoms with van der Waals surface area (Å²) >= 11 is 0. The average Bonchev–Trinajstić information content (AvgIpc) is 2.73. The van der Waals surface area contributed by atoms with Crippen molar-refractivity contribution in [2.45, 2.75) is 38.6 Å². The molecule has 2 heterocycles. The maximum absolute atomic E-state index is 3.41. The number of hydrogen-bond donors (Lipinski definition) is 1. The Kier molecular flexibility index (Phi) is 2.40. The summed E-state index contributed by atoms with van der Waals surface area (Å²) in [6.07, 6.45) is 5.79. The summed E-state index contributed by atoms with van der Waals surface area (Å²) in [6, 6.07) is 2.27. The molecule has 1 aromatic rings.